The van der Waals surface area contributed by atoms with Crippen molar-refractivity contribution in [2.45, 2.75) is 6.61 Å². The van der Waals surface area contributed by atoms with Gasteiger partial charge in [0, 0.05) is 11.6 Å². The monoisotopic (exact) mass is 366 g/mol. The molecule has 0 aliphatic carbocycles. The number of hydrogen-bond acceptors (Lipinski definition) is 7. The summed E-state index contributed by atoms with van der Waals surface area (Å²) in [5, 5.41) is 8.69. The Bertz CT molecular complexity index is 948. The Balaban J connectivity index is 1.82. The van der Waals surface area contributed by atoms with Crippen LogP contribution in [0.3, 0.4) is 0 Å². The number of rotatable bonds is 7. The summed E-state index contributed by atoms with van der Waals surface area (Å²) in [5.41, 5.74) is 13.8. The minimum absolute atomic E-state index is 0.0596. The van der Waals surface area contributed by atoms with Gasteiger partial charge in [0.15, 0.2) is 6.61 Å². The van der Waals surface area contributed by atoms with Crippen molar-refractivity contribution in [2.75, 3.05) is 18.1 Å². The molecule has 5 N–H and O–H groups in total. The number of benzene rings is 2. The first kappa shape index (κ1) is 18.0. The van der Waals surface area contributed by atoms with Crippen LogP contribution in [0.5, 0.6) is 11.5 Å². The maximum Gasteiger partial charge on any atom is 0.341 e. The number of aliphatic carboxylic acids is 1. The molecule has 0 saturated heterocycles. The molecule has 3 aromatic rings. The lowest BCUT2D eigenvalue weighted by molar-refractivity contribution is -0.139. The molecule has 0 bridgehead atoms. The van der Waals surface area contributed by atoms with E-state index in [1.54, 1.807) is 24.3 Å². The number of nitrogen functional groups attached to an aromatic ring is 2. The third-order valence-corrected chi connectivity index (χ3v) is 3.64. The lowest BCUT2D eigenvalue weighted by Crippen LogP contribution is -2.10. The fraction of sp³-hybridized carbons (Fsp3) is 0.105. The van der Waals surface area contributed by atoms with E-state index in [2.05, 4.69) is 9.97 Å². The van der Waals surface area contributed by atoms with E-state index in [1.807, 2.05) is 30.3 Å². The van der Waals surface area contributed by atoms with Gasteiger partial charge in [-0.1, -0.05) is 36.4 Å². The van der Waals surface area contributed by atoms with Crippen LogP contribution >= 0.6 is 0 Å². The van der Waals surface area contributed by atoms with Crippen molar-refractivity contribution in [3.05, 3.63) is 60.3 Å². The van der Waals surface area contributed by atoms with Crippen LogP contribution in [-0.2, 0) is 11.4 Å². The Morgan fingerprint density at radius 3 is 2.37 bits per heavy atom. The van der Waals surface area contributed by atoms with E-state index in [9.17, 15) is 4.79 Å². The number of carboxylic acid groups (broad SMARTS) is 1. The van der Waals surface area contributed by atoms with E-state index in [4.69, 9.17) is 26.0 Å². The quantitative estimate of drug-likeness (QED) is 0.580. The van der Waals surface area contributed by atoms with E-state index in [0.717, 1.165) is 5.56 Å². The molecule has 3 rings (SSSR count). The Morgan fingerprint density at radius 1 is 0.963 bits per heavy atom. The molecule has 1 aromatic heterocycles. The fourth-order valence-corrected chi connectivity index (χ4v) is 2.52. The van der Waals surface area contributed by atoms with Crippen LogP contribution in [-0.4, -0.2) is 27.7 Å². The number of aromatic nitrogens is 2. The van der Waals surface area contributed by atoms with Gasteiger partial charge in [-0.25, -0.2) is 9.78 Å². The minimum atomic E-state index is -1.05. The molecule has 8 nitrogen and oxygen atoms in total. The summed E-state index contributed by atoms with van der Waals surface area (Å²) in [6.07, 6.45) is 0. The highest BCUT2D eigenvalue weighted by molar-refractivity contribution is 5.76. The van der Waals surface area contributed by atoms with Gasteiger partial charge in [-0.3, -0.25) is 0 Å². The number of anilines is 2. The summed E-state index contributed by atoms with van der Waals surface area (Å²) in [6, 6.07) is 16.1. The van der Waals surface area contributed by atoms with Gasteiger partial charge in [0.05, 0.1) is 5.69 Å². The average molecular weight is 366 g/mol. The normalized spacial score (nSPS) is 10.4. The van der Waals surface area contributed by atoms with E-state index in [0.29, 0.717) is 22.8 Å². The maximum atomic E-state index is 10.6. The summed E-state index contributed by atoms with van der Waals surface area (Å²) in [6.45, 7) is -0.329. The van der Waals surface area contributed by atoms with Crippen LogP contribution in [0.4, 0.5) is 11.8 Å². The fourth-order valence-electron chi connectivity index (χ4n) is 2.52. The molecular formula is C19H18N4O4. The Kier molecular flexibility index (Phi) is 5.36. The maximum absolute atomic E-state index is 10.6. The minimum Gasteiger partial charge on any atom is -0.487 e. The topological polar surface area (TPSA) is 134 Å². The van der Waals surface area contributed by atoms with Gasteiger partial charge in [0.1, 0.15) is 23.9 Å². The molecule has 138 valence electrons. The van der Waals surface area contributed by atoms with Gasteiger partial charge in [-0.15, -0.1) is 0 Å². The van der Waals surface area contributed by atoms with E-state index < -0.39 is 12.6 Å². The standard InChI is InChI=1S/C19H18N4O4/c20-18-17(12-5-2-1-3-6-12)15(22-19(21)23-18)10-26-13-7-4-8-14(9-13)27-11-16(24)25/h1-9H,10-11H2,(H,24,25)(H4,20,21,22,23). The first-order chi connectivity index (χ1) is 13.0. The number of nitrogens with zero attached hydrogens (tertiary/aromatic N) is 2. The molecule has 0 atom stereocenters. The van der Waals surface area contributed by atoms with Gasteiger partial charge in [0.2, 0.25) is 5.95 Å². The van der Waals surface area contributed by atoms with Crippen molar-refractivity contribution in [1.29, 1.82) is 0 Å². The lowest BCUT2D eigenvalue weighted by atomic mass is 10.0. The molecule has 0 aliphatic heterocycles. The molecular weight excluding hydrogens is 348 g/mol. The van der Waals surface area contributed by atoms with Gasteiger partial charge in [-0.2, -0.15) is 4.98 Å². The van der Waals surface area contributed by atoms with Crippen molar-refractivity contribution >= 4 is 17.7 Å². The summed E-state index contributed by atoms with van der Waals surface area (Å²) < 4.78 is 10.9. The molecule has 0 unspecified atom stereocenters. The lowest BCUT2D eigenvalue weighted by Gasteiger charge is -2.13. The van der Waals surface area contributed by atoms with E-state index in [-0.39, 0.29) is 18.4 Å². The Hall–Kier alpha value is -3.81. The van der Waals surface area contributed by atoms with Crippen molar-refractivity contribution in [3.8, 4) is 22.6 Å². The predicted molar refractivity (Wildman–Crippen MR) is 100 cm³/mol. The first-order valence-corrected chi connectivity index (χ1v) is 8.07. The van der Waals surface area contributed by atoms with Crippen molar-refractivity contribution in [1.82, 2.24) is 9.97 Å². The van der Waals surface area contributed by atoms with E-state index in [1.165, 1.54) is 0 Å². The second-order valence-electron chi connectivity index (χ2n) is 5.60. The largest absolute Gasteiger partial charge is 0.487 e. The molecule has 1 heterocycles. The first-order valence-electron chi connectivity index (χ1n) is 8.07. The van der Waals surface area contributed by atoms with Crippen molar-refractivity contribution < 1.29 is 19.4 Å². The van der Waals surface area contributed by atoms with Gasteiger partial charge in [-0.05, 0) is 17.7 Å². The predicted octanol–water partition coefficient (Wildman–Crippen LogP) is 2.35. The Labute approximate surface area is 155 Å². The molecule has 0 fully saturated rings. The number of nitrogens with two attached hydrogens (primary N) is 2. The third kappa shape index (κ3) is 4.63. The van der Waals surface area contributed by atoms with Crippen molar-refractivity contribution in [3.63, 3.8) is 0 Å². The summed E-state index contributed by atoms with van der Waals surface area (Å²) >= 11 is 0. The second-order valence-corrected chi connectivity index (χ2v) is 5.60. The SMILES string of the molecule is Nc1nc(N)c(-c2ccccc2)c(COc2cccc(OCC(=O)O)c2)n1. The second kappa shape index (κ2) is 8.05. The molecule has 8 heteroatoms. The van der Waals surface area contributed by atoms with E-state index >= 15 is 0 Å². The van der Waals surface area contributed by atoms with Crippen molar-refractivity contribution in [2.24, 2.45) is 0 Å². The summed E-state index contributed by atoms with van der Waals surface area (Å²) in [7, 11) is 0. The highest BCUT2D eigenvalue weighted by atomic mass is 16.5. The zero-order chi connectivity index (χ0) is 19.2. The van der Waals surface area contributed by atoms with Crippen LogP contribution in [0.25, 0.3) is 11.1 Å². The molecule has 0 aliphatic rings. The zero-order valence-electron chi connectivity index (χ0n) is 14.3. The highest BCUT2D eigenvalue weighted by Gasteiger charge is 2.14. The number of hydrogen-bond donors (Lipinski definition) is 3. The smallest absolute Gasteiger partial charge is 0.341 e. The Morgan fingerprint density at radius 2 is 1.67 bits per heavy atom. The molecule has 27 heavy (non-hydrogen) atoms. The molecule has 0 spiro atoms. The average Bonchev–Trinajstić information content (AvgIpc) is 2.65. The molecule has 0 amide bonds. The van der Waals surface area contributed by atoms with Crippen LogP contribution in [0.15, 0.2) is 54.6 Å². The summed E-state index contributed by atoms with van der Waals surface area (Å²) in [4.78, 5) is 18.9. The van der Waals surface area contributed by atoms with Crippen LogP contribution in [0, 0.1) is 0 Å². The van der Waals surface area contributed by atoms with Gasteiger partial charge >= 0.3 is 5.97 Å². The van der Waals surface area contributed by atoms with Crippen LogP contribution in [0.1, 0.15) is 5.69 Å². The number of carboxylic acids is 1. The van der Waals surface area contributed by atoms with Gasteiger partial charge in [0.25, 0.3) is 0 Å². The molecule has 0 saturated carbocycles. The van der Waals surface area contributed by atoms with Crippen LogP contribution in [0.2, 0.25) is 0 Å². The van der Waals surface area contributed by atoms with Crippen LogP contribution < -0.4 is 20.9 Å². The number of ether oxygens (including phenoxy) is 2. The number of carbonyl (C=O) groups is 1. The van der Waals surface area contributed by atoms with Gasteiger partial charge < -0.3 is 26.0 Å². The zero-order valence-corrected chi connectivity index (χ0v) is 14.3. The third-order valence-electron chi connectivity index (χ3n) is 3.64. The summed E-state index contributed by atoms with van der Waals surface area (Å²) in [5.74, 6) is 0.156. The molecule has 2 aromatic carbocycles. The highest BCUT2D eigenvalue weighted by Crippen LogP contribution is 2.29. The molecule has 0 radical (unpaired) electrons.